The predicted octanol–water partition coefficient (Wildman–Crippen LogP) is 4.04. The van der Waals surface area contributed by atoms with Crippen LogP contribution in [0.3, 0.4) is 0 Å². The topological polar surface area (TPSA) is 78.9 Å². The van der Waals surface area contributed by atoms with E-state index in [1.54, 1.807) is 70.9 Å². The summed E-state index contributed by atoms with van der Waals surface area (Å²) in [5.74, 6) is 1.97. The van der Waals surface area contributed by atoms with E-state index in [-0.39, 0.29) is 5.91 Å². The highest BCUT2D eigenvalue weighted by Crippen LogP contribution is 2.40. The maximum absolute atomic E-state index is 12.5. The fourth-order valence-electron chi connectivity index (χ4n) is 2.83. The quantitative estimate of drug-likeness (QED) is 0.652. The minimum atomic E-state index is -0.262. The summed E-state index contributed by atoms with van der Waals surface area (Å²) in [6, 6.07) is 14.2. The van der Waals surface area contributed by atoms with Crippen LogP contribution in [0, 0.1) is 0 Å². The third kappa shape index (κ3) is 4.40. The molecule has 7 heteroatoms. The van der Waals surface area contributed by atoms with Crippen LogP contribution in [0.2, 0.25) is 0 Å². The summed E-state index contributed by atoms with van der Waals surface area (Å²) in [5.41, 5.74) is 2.52. The Balaban J connectivity index is 1.83. The number of anilines is 1. The number of hydrogen-bond donors (Lipinski definition) is 1. The number of aromatic nitrogens is 1. The number of rotatable bonds is 7. The Labute approximate surface area is 169 Å². The van der Waals surface area contributed by atoms with Gasteiger partial charge in [0.25, 0.3) is 5.91 Å². The number of nitrogens with one attached hydrogen (secondary N) is 1. The van der Waals surface area contributed by atoms with Crippen molar-refractivity contribution in [2.45, 2.75) is 0 Å². The summed E-state index contributed by atoms with van der Waals surface area (Å²) in [6.45, 7) is 0. The van der Waals surface area contributed by atoms with Crippen LogP contribution in [-0.2, 0) is 0 Å². The first-order valence-corrected chi connectivity index (χ1v) is 8.81. The molecule has 0 radical (unpaired) electrons. The number of benzene rings is 2. The molecule has 7 nitrogen and oxygen atoms in total. The number of ether oxygens (including phenoxy) is 4. The first-order chi connectivity index (χ1) is 14.1. The highest BCUT2D eigenvalue weighted by Gasteiger charge is 2.15. The fraction of sp³-hybridized carbons (Fsp3) is 0.182. The summed E-state index contributed by atoms with van der Waals surface area (Å²) in [4.78, 5) is 16.9. The molecule has 150 valence electrons. The molecule has 2 aromatic carbocycles. The molecule has 0 aliphatic rings. The lowest BCUT2D eigenvalue weighted by molar-refractivity contribution is 0.102. The first-order valence-electron chi connectivity index (χ1n) is 8.81. The van der Waals surface area contributed by atoms with Gasteiger partial charge >= 0.3 is 0 Å². The van der Waals surface area contributed by atoms with Crippen LogP contribution in [-0.4, -0.2) is 39.3 Å². The van der Waals surface area contributed by atoms with E-state index >= 15 is 0 Å². The Hall–Kier alpha value is -3.74. The molecule has 1 heterocycles. The Morgan fingerprint density at radius 3 is 2.14 bits per heavy atom. The second-order valence-corrected chi connectivity index (χ2v) is 6.03. The molecule has 1 amide bonds. The van der Waals surface area contributed by atoms with Gasteiger partial charge in [0.1, 0.15) is 5.75 Å². The molecule has 0 unspecified atom stereocenters. The third-order valence-electron chi connectivity index (χ3n) is 4.31. The third-order valence-corrected chi connectivity index (χ3v) is 4.31. The van der Waals surface area contributed by atoms with Crippen LogP contribution in [0.4, 0.5) is 5.69 Å². The van der Waals surface area contributed by atoms with E-state index in [0.29, 0.717) is 39.9 Å². The number of amides is 1. The Bertz CT molecular complexity index is 977. The second-order valence-electron chi connectivity index (χ2n) is 6.03. The van der Waals surface area contributed by atoms with Crippen LogP contribution < -0.4 is 24.3 Å². The molecule has 3 rings (SSSR count). The monoisotopic (exact) mass is 394 g/mol. The van der Waals surface area contributed by atoms with Crippen molar-refractivity contribution < 1.29 is 23.7 Å². The minimum Gasteiger partial charge on any atom is -0.497 e. The van der Waals surface area contributed by atoms with E-state index in [0.717, 1.165) is 5.56 Å². The molecule has 1 N–H and O–H groups in total. The van der Waals surface area contributed by atoms with E-state index in [1.807, 2.05) is 6.07 Å². The number of pyridine rings is 1. The Morgan fingerprint density at radius 2 is 1.59 bits per heavy atom. The normalized spacial score (nSPS) is 10.2. The van der Waals surface area contributed by atoms with Gasteiger partial charge in [-0.1, -0.05) is 6.07 Å². The van der Waals surface area contributed by atoms with Crippen LogP contribution in [0.15, 0.2) is 54.7 Å². The van der Waals surface area contributed by atoms with Crippen molar-refractivity contribution in [2.75, 3.05) is 33.8 Å². The lowest BCUT2D eigenvalue weighted by atomic mass is 10.1. The zero-order valence-electron chi connectivity index (χ0n) is 16.7. The molecule has 0 spiro atoms. The van der Waals surface area contributed by atoms with Gasteiger partial charge in [0.2, 0.25) is 5.75 Å². The molecule has 3 aromatic rings. The standard InChI is InChI=1S/C22H22N2O5/c1-26-17-7-5-6-16(12-17)24-22(25)14-8-9-18(23-13-14)15-10-19(27-2)21(29-4)20(11-15)28-3/h5-13H,1-4H3,(H,24,25). The van der Waals surface area contributed by atoms with Gasteiger partial charge in [0, 0.05) is 23.5 Å². The van der Waals surface area contributed by atoms with Crippen LogP contribution in [0.25, 0.3) is 11.3 Å². The van der Waals surface area contributed by atoms with Gasteiger partial charge in [0.15, 0.2) is 11.5 Å². The summed E-state index contributed by atoms with van der Waals surface area (Å²) in [6.07, 6.45) is 1.52. The highest BCUT2D eigenvalue weighted by atomic mass is 16.5. The maximum Gasteiger partial charge on any atom is 0.257 e. The molecule has 0 bridgehead atoms. The number of carbonyl (C=O) groups excluding carboxylic acids is 1. The number of carbonyl (C=O) groups is 1. The minimum absolute atomic E-state index is 0.262. The lowest BCUT2D eigenvalue weighted by Gasteiger charge is -2.14. The Morgan fingerprint density at radius 1 is 0.862 bits per heavy atom. The van der Waals surface area contributed by atoms with Crippen molar-refractivity contribution in [3.63, 3.8) is 0 Å². The molecule has 0 aliphatic heterocycles. The van der Waals surface area contributed by atoms with Crippen molar-refractivity contribution in [3.8, 4) is 34.3 Å². The maximum atomic E-state index is 12.5. The highest BCUT2D eigenvalue weighted by molar-refractivity contribution is 6.04. The van der Waals surface area contributed by atoms with Crippen LogP contribution in [0.5, 0.6) is 23.0 Å². The number of methoxy groups -OCH3 is 4. The van der Waals surface area contributed by atoms with Crippen molar-refractivity contribution in [2.24, 2.45) is 0 Å². The fourth-order valence-corrected chi connectivity index (χ4v) is 2.83. The molecule has 0 fully saturated rings. The van der Waals surface area contributed by atoms with Gasteiger partial charge in [-0.25, -0.2) is 0 Å². The molecule has 1 aromatic heterocycles. The van der Waals surface area contributed by atoms with E-state index in [4.69, 9.17) is 18.9 Å². The average Bonchev–Trinajstić information content (AvgIpc) is 2.78. The zero-order valence-corrected chi connectivity index (χ0v) is 16.7. The van der Waals surface area contributed by atoms with Crippen LogP contribution in [0.1, 0.15) is 10.4 Å². The largest absolute Gasteiger partial charge is 0.497 e. The number of nitrogens with zero attached hydrogens (tertiary/aromatic N) is 1. The van der Waals surface area contributed by atoms with Crippen molar-refractivity contribution in [1.29, 1.82) is 0 Å². The van der Waals surface area contributed by atoms with Gasteiger partial charge in [0.05, 0.1) is 39.7 Å². The molecule has 29 heavy (non-hydrogen) atoms. The molecule has 0 atom stereocenters. The van der Waals surface area contributed by atoms with E-state index < -0.39 is 0 Å². The predicted molar refractivity (Wildman–Crippen MR) is 110 cm³/mol. The smallest absolute Gasteiger partial charge is 0.257 e. The van der Waals surface area contributed by atoms with E-state index in [2.05, 4.69) is 10.3 Å². The summed E-state index contributed by atoms with van der Waals surface area (Å²) in [5, 5.41) is 2.83. The zero-order chi connectivity index (χ0) is 20.8. The summed E-state index contributed by atoms with van der Waals surface area (Å²) in [7, 11) is 6.24. The van der Waals surface area contributed by atoms with Gasteiger partial charge in [-0.2, -0.15) is 0 Å². The molecular weight excluding hydrogens is 372 g/mol. The second kappa shape index (κ2) is 8.97. The van der Waals surface area contributed by atoms with Crippen molar-refractivity contribution in [3.05, 3.63) is 60.3 Å². The molecular formula is C22H22N2O5. The Kier molecular flexibility index (Phi) is 6.19. The molecule has 0 aliphatic carbocycles. The van der Waals surface area contributed by atoms with Crippen LogP contribution >= 0.6 is 0 Å². The molecule has 0 saturated heterocycles. The van der Waals surface area contributed by atoms with Gasteiger partial charge in [-0.05, 0) is 36.4 Å². The van der Waals surface area contributed by atoms with Crippen molar-refractivity contribution in [1.82, 2.24) is 4.98 Å². The molecule has 0 saturated carbocycles. The first kappa shape index (κ1) is 20.0. The van der Waals surface area contributed by atoms with Gasteiger partial charge < -0.3 is 24.3 Å². The van der Waals surface area contributed by atoms with Crippen molar-refractivity contribution >= 4 is 11.6 Å². The number of hydrogen-bond acceptors (Lipinski definition) is 6. The van der Waals surface area contributed by atoms with Gasteiger partial charge in [-0.15, -0.1) is 0 Å². The van der Waals surface area contributed by atoms with E-state index in [1.165, 1.54) is 6.20 Å². The average molecular weight is 394 g/mol. The van der Waals surface area contributed by atoms with Gasteiger partial charge in [-0.3, -0.25) is 9.78 Å². The van der Waals surface area contributed by atoms with E-state index in [9.17, 15) is 4.79 Å². The summed E-state index contributed by atoms with van der Waals surface area (Å²) < 4.78 is 21.3. The summed E-state index contributed by atoms with van der Waals surface area (Å²) >= 11 is 0. The lowest BCUT2D eigenvalue weighted by Crippen LogP contribution is -2.12. The SMILES string of the molecule is COc1cccc(NC(=O)c2ccc(-c3cc(OC)c(OC)c(OC)c3)nc2)c1.